The van der Waals surface area contributed by atoms with E-state index in [1.807, 2.05) is 24.3 Å². The highest BCUT2D eigenvalue weighted by Crippen LogP contribution is 2.32. The number of fused-ring (bicyclic) bond motifs is 3. The number of hydrogen-bond acceptors (Lipinski definition) is 4. The van der Waals surface area contributed by atoms with Gasteiger partial charge in [-0.15, -0.1) is 6.58 Å². The molecular weight excluding hydrogens is 457 g/mol. The van der Waals surface area contributed by atoms with Gasteiger partial charge in [-0.05, 0) is 36.6 Å². The van der Waals surface area contributed by atoms with Crippen molar-refractivity contribution in [3.8, 4) is 0 Å². The minimum absolute atomic E-state index is 0.0337. The van der Waals surface area contributed by atoms with Gasteiger partial charge in [0.1, 0.15) is 0 Å². The third kappa shape index (κ3) is 4.83. The Kier molecular flexibility index (Phi) is 6.37. The maximum atomic E-state index is 13.2. The fraction of sp³-hybridized carbons (Fsp3) is 0.385. The van der Waals surface area contributed by atoms with Gasteiger partial charge in [-0.2, -0.15) is 18.3 Å². The maximum Gasteiger partial charge on any atom is 0.416 e. The normalized spacial score (nSPS) is 22.8. The fourth-order valence-corrected chi connectivity index (χ4v) is 5.19. The second-order valence-electron chi connectivity index (χ2n) is 9.19. The van der Waals surface area contributed by atoms with Crippen LogP contribution in [0.2, 0.25) is 0 Å². The quantitative estimate of drug-likeness (QED) is 0.527. The average molecular weight is 485 g/mol. The predicted octanol–water partition coefficient (Wildman–Crippen LogP) is 4.40. The number of piperidine rings is 1. The van der Waals surface area contributed by atoms with Crippen molar-refractivity contribution in [3.05, 3.63) is 78.0 Å². The van der Waals surface area contributed by atoms with Gasteiger partial charge in [-0.3, -0.25) is 14.4 Å². The number of carbonyl (C=O) groups is 1. The number of allylic oxidation sites excluding steroid dienone is 1. The van der Waals surface area contributed by atoms with E-state index in [1.165, 1.54) is 12.1 Å². The molecule has 2 fully saturated rings. The van der Waals surface area contributed by atoms with Crippen molar-refractivity contribution in [2.24, 2.45) is 0 Å². The maximum absolute atomic E-state index is 13.2. The van der Waals surface area contributed by atoms with Crippen LogP contribution in [0.3, 0.4) is 0 Å². The Morgan fingerprint density at radius 1 is 1.11 bits per heavy atom. The predicted molar refractivity (Wildman–Crippen MR) is 126 cm³/mol. The van der Waals surface area contributed by atoms with Crippen LogP contribution in [0.25, 0.3) is 10.9 Å². The van der Waals surface area contributed by atoms with Crippen LogP contribution in [-0.4, -0.2) is 51.9 Å². The number of carbonyl (C=O) groups excluding carboxylic acids is 1. The summed E-state index contributed by atoms with van der Waals surface area (Å²) in [6.45, 7) is 5.88. The van der Waals surface area contributed by atoms with Crippen LogP contribution in [0.1, 0.15) is 34.5 Å². The number of halogens is 3. The zero-order chi connectivity index (χ0) is 24.6. The van der Waals surface area contributed by atoms with Crippen molar-refractivity contribution in [3.63, 3.8) is 0 Å². The third-order valence-corrected chi connectivity index (χ3v) is 6.83. The van der Waals surface area contributed by atoms with Gasteiger partial charge >= 0.3 is 6.18 Å². The molecule has 35 heavy (non-hydrogen) atoms. The monoisotopic (exact) mass is 484 g/mol. The Labute approximate surface area is 201 Å². The Bertz CT molecular complexity index is 1210. The molecular formula is C26H27F3N4O2. The van der Waals surface area contributed by atoms with E-state index < -0.39 is 11.7 Å². The molecule has 1 aromatic heterocycles. The van der Waals surface area contributed by atoms with Gasteiger partial charge < -0.3 is 10.1 Å². The molecule has 2 aliphatic rings. The number of hydrogen-bond donors (Lipinski definition) is 1. The average Bonchev–Trinajstić information content (AvgIpc) is 3.18. The molecule has 0 saturated carbocycles. The minimum atomic E-state index is -4.34. The summed E-state index contributed by atoms with van der Waals surface area (Å²) in [6, 6.07) is 13.1. The van der Waals surface area contributed by atoms with Gasteiger partial charge in [0, 0.05) is 30.1 Å². The highest BCUT2D eigenvalue weighted by molar-refractivity contribution is 6.05. The van der Waals surface area contributed by atoms with Crippen molar-refractivity contribution in [1.82, 2.24) is 20.0 Å². The van der Waals surface area contributed by atoms with Crippen molar-refractivity contribution in [2.45, 2.75) is 50.2 Å². The Morgan fingerprint density at radius 2 is 1.80 bits per heavy atom. The molecule has 2 aliphatic heterocycles. The van der Waals surface area contributed by atoms with E-state index in [-0.39, 0.29) is 24.0 Å². The number of alkyl halides is 3. The van der Waals surface area contributed by atoms with Gasteiger partial charge in [0.25, 0.3) is 5.91 Å². The van der Waals surface area contributed by atoms with Crippen LogP contribution in [0, 0.1) is 0 Å². The van der Waals surface area contributed by atoms with Crippen molar-refractivity contribution in [2.75, 3.05) is 13.2 Å². The summed E-state index contributed by atoms with van der Waals surface area (Å²) in [5, 5.41) is 8.50. The number of nitrogens with zero attached hydrogens (tertiary/aromatic N) is 3. The summed E-state index contributed by atoms with van der Waals surface area (Å²) in [4.78, 5) is 15.5. The van der Waals surface area contributed by atoms with Crippen LogP contribution >= 0.6 is 0 Å². The van der Waals surface area contributed by atoms with Crippen LogP contribution in [-0.2, 0) is 24.0 Å². The molecule has 0 spiro atoms. The molecule has 2 bridgehead atoms. The highest BCUT2D eigenvalue weighted by atomic mass is 19.4. The SMILES string of the molecule is C=CCn1nc(C(=O)N[C@H]2C[C@H]3COC[C@@H](C2)N3Cc2ccc(C(F)(F)F)cc2)c2ccccc21. The van der Waals surface area contributed by atoms with E-state index in [0.29, 0.717) is 44.8 Å². The molecule has 3 aromatic rings. The zero-order valence-electron chi connectivity index (χ0n) is 19.2. The first-order chi connectivity index (χ1) is 16.8. The van der Waals surface area contributed by atoms with E-state index in [4.69, 9.17) is 4.74 Å². The summed E-state index contributed by atoms with van der Waals surface area (Å²) in [5.41, 5.74) is 1.47. The second-order valence-corrected chi connectivity index (χ2v) is 9.19. The number of amides is 1. The van der Waals surface area contributed by atoms with Gasteiger partial charge in [-0.1, -0.05) is 36.4 Å². The van der Waals surface area contributed by atoms with Gasteiger partial charge in [0.15, 0.2) is 5.69 Å². The molecule has 184 valence electrons. The second kappa shape index (κ2) is 9.47. The lowest BCUT2D eigenvalue weighted by atomic mass is 9.89. The van der Waals surface area contributed by atoms with E-state index in [1.54, 1.807) is 10.8 Å². The lowest BCUT2D eigenvalue weighted by Gasteiger charge is -2.48. The van der Waals surface area contributed by atoms with E-state index in [0.717, 1.165) is 28.6 Å². The van der Waals surface area contributed by atoms with Crippen molar-refractivity contribution < 1.29 is 22.7 Å². The molecule has 2 saturated heterocycles. The molecule has 9 heteroatoms. The number of morpholine rings is 1. The first-order valence-electron chi connectivity index (χ1n) is 11.7. The standard InChI is InChI=1S/C26H27F3N4O2/c1-2-11-33-23-6-4-3-5-22(23)24(31-33)25(34)30-19-12-20-15-35-16-21(13-19)32(20)14-17-7-9-18(10-8-17)26(27,28)29/h2-10,19-21H,1,11-16H2,(H,30,34)/t19-,20-,21+. The largest absolute Gasteiger partial charge is 0.416 e. The van der Waals surface area contributed by atoms with E-state index in [9.17, 15) is 18.0 Å². The van der Waals surface area contributed by atoms with E-state index in [2.05, 4.69) is 21.9 Å². The summed E-state index contributed by atoms with van der Waals surface area (Å²) in [7, 11) is 0. The summed E-state index contributed by atoms with van der Waals surface area (Å²) in [6.07, 6.45) is -1.19. The van der Waals surface area contributed by atoms with Crippen LogP contribution in [0.15, 0.2) is 61.2 Å². The minimum Gasteiger partial charge on any atom is -0.378 e. The molecule has 0 radical (unpaired) electrons. The molecule has 3 heterocycles. The Balaban J connectivity index is 1.28. The molecule has 5 rings (SSSR count). The third-order valence-electron chi connectivity index (χ3n) is 6.83. The topological polar surface area (TPSA) is 59.4 Å². The van der Waals surface area contributed by atoms with Crippen LogP contribution in [0.4, 0.5) is 13.2 Å². The first kappa shape index (κ1) is 23.6. The van der Waals surface area contributed by atoms with Crippen molar-refractivity contribution in [1.29, 1.82) is 0 Å². The Hall–Kier alpha value is -3.17. The summed E-state index contributed by atoms with van der Waals surface area (Å²) >= 11 is 0. The van der Waals surface area contributed by atoms with Crippen LogP contribution < -0.4 is 5.32 Å². The smallest absolute Gasteiger partial charge is 0.378 e. The lowest BCUT2D eigenvalue weighted by molar-refractivity contribution is -0.137. The summed E-state index contributed by atoms with van der Waals surface area (Å²) in [5.74, 6) is -0.204. The van der Waals surface area contributed by atoms with E-state index >= 15 is 0 Å². The molecule has 1 N–H and O–H groups in total. The number of rotatable bonds is 6. The molecule has 6 nitrogen and oxygen atoms in total. The number of benzene rings is 2. The van der Waals surface area contributed by atoms with Gasteiger partial charge in [0.2, 0.25) is 0 Å². The number of aromatic nitrogens is 2. The number of para-hydroxylation sites is 1. The fourth-order valence-electron chi connectivity index (χ4n) is 5.19. The molecule has 3 atom stereocenters. The number of ether oxygens (including phenoxy) is 1. The molecule has 1 amide bonds. The number of nitrogens with one attached hydrogen (secondary N) is 1. The highest BCUT2D eigenvalue weighted by Gasteiger charge is 2.40. The first-order valence-corrected chi connectivity index (χ1v) is 11.7. The Morgan fingerprint density at radius 3 is 2.46 bits per heavy atom. The molecule has 2 aromatic carbocycles. The van der Waals surface area contributed by atoms with Crippen molar-refractivity contribution >= 4 is 16.8 Å². The zero-order valence-corrected chi connectivity index (χ0v) is 19.2. The molecule has 0 unspecified atom stereocenters. The van der Waals surface area contributed by atoms with Crippen LogP contribution in [0.5, 0.6) is 0 Å². The molecule has 0 aliphatic carbocycles. The van der Waals surface area contributed by atoms with Gasteiger partial charge in [0.05, 0.1) is 30.8 Å². The lowest BCUT2D eigenvalue weighted by Crippen LogP contribution is -2.60. The summed E-state index contributed by atoms with van der Waals surface area (Å²) < 4.78 is 46.2. The van der Waals surface area contributed by atoms with Gasteiger partial charge in [-0.25, -0.2) is 0 Å².